The normalized spacial score (nSPS) is 11.3. The molecule has 0 spiro atoms. The smallest absolute Gasteiger partial charge is 0.101 e. The van der Waals surface area contributed by atoms with Gasteiger partial charge in [-0.05, 0) is 12.0 Å². The summed E-state index contributed by atoms with van der Waals surface area (Å²) in [6, 6.07) is 8.07. The summed E-state index contributed by atoms with van der Waals surface area (Å²) >= 11 is 4.78. The van der Waals surface area contributed by atoms with Gasteiger partial charge in [-0.2, -0.15) is 5.10 Å². The lowest BCUT2D eigenvalue weighted by Crippen LogP contribution is -2.04. The molecule has 0 heterocycles. The summed E-state index contributed by atoms with van der Waals surface area (Å²) in [5, 5.41) is 5.08. The lowest BCUT2D eigenvalue weighted by Gasteiger charge is -2.00. The molecule has 0 radical (unpaired) electrons. The SMILES string of the molecule is CCc1ccc(C(C=S)=NN)cc1. The third-order valence-corrected chi connectivity index (χ3v) is 2.13. The predicted molar refractivity (Wildman–Crippen MR) is 60.2 cm³/mol. The number of thiocarbonyl (C=S) groups is 1. The van der Waals surface area contributed by atoms with Crippen LogP contribution in [0.3, 0.4) is 0 Å². The number of nitrogens with two attached hydrogens (primary N) is 1. The van der Waals surface area contributed by atoms with Gasteiger partial charge in [-0.1, -0.05) is 43.4 Å². The Morgan fingerprint density at radius 2 is 2.08 bits per heavy atom. The zero-order valence-electron chi connectivity index (χ0n) is 7.53. The van der Waals surface area contributed by atoms with E-state index in [1.165, 1.54) is 10.9 Å². The molecule has 2 nitrogen and oxygen atoms in total. The van der Waals surface area contributed by atoms with Crippen LogP contribution in [0.4, 0.5) is 0 Å². The van der Waals surface area contributed by atoms with Crippen molar-refractivity contribution in [3.05, 3.63) is 35.4 Å². The molecule has 0 aliphatic rings. The Hall–Kier alpha value is -1.22. The van der Waals surface area contributed by atoms with Gasteiger partial charge < -0.3 is 5.84 Å². The minimum atomic E-state index is 0.651. The molecule has 0 aliphatic heterocycles. The van der Waals surface area contributed by atoms with Gasteiger partial charge in [-0.15, -0.1) is 0 Å². The van der Waals surface area contributed by atoms with Crippen LogP contribution >= 0.6 is 12.2 Å². The molecule has 1 aromatic carbocycles. The maximum absolute atomic E-state index is 5.18. The monoisotopic (exact) mass is 192 g/mol. The minimum Gasteiger partial charge on any atom is -0.323 e. The maximum Gasteiger partial charge on any atom is 0.101 e. The second-order valence-corrected chi connectivity index (χ2v) is 2.92. The third kappa shape index (κ3) is 2.36. The highest BCUT2D eigenvalue weighted by atomic mass is 32.1. The fourth-order valence-electron chi connectivity index (χ4n) is 1.08. The molecule has 0 fully saturated rings. The van der Waals surface area contributed by atoms with Crippen LogP contribution in [0.1, 0.15) is 18.1 Å². The number of hydrogen-bond acceptors (Lipinski definition) is 3. The van der Waals surface area contributed by atoms with Crippen molar-refractivity contribution in [2.75, 3.05) is 0 Å². The third-order valence-electron chi connectivity index (χ3n) is 1.91. The van der Waals surface area contributed by atoms with E-state index in [0.717, 1.165) is 12.0 Å². The Morgan fingerprint density at radius 1 is 1.46 bits per heavy atom. The summed E-state index contributed by atoms with van der Waals surface area (Å²) in [4.78, 5) is 0. The molecule has 0 aliphatic carbocycles. The fourth-order valence-corrected chi connectivity index (χ4v) is 1.28. The molecule has 3 heteroatoms. The summed E-state index contributed by atoms with van der Waals surface area (Å²) < 4.78 is 0. The summed E-state index contributed by atoms with van der Waals surface area (Å²) in [7, 11) is 0. The van der Waals surface area contributed by atoms with Gasteiger partial charge in [0.15, 0.2) is 0 Å². The zero-order chi connectivity index (χ0) is 9.68. The average molecular weight is 192 g/mol. The van der Waals surface area contributed by atoms with Gasteiger partial charge in [0.25, 0.3) is 0 Å². The van der Waals surface area contributed by atoms with Crippen LogP contribution in [0, 0.1) is 0 Å². The first kappa shape index (κ1) is 9.86. The Bertz CT molecular complexity index is 314. The molecular weight excluding hydrogens is 180 g/mol. The molecule has 1 aromatic rings. The number of nitrogens with zero attached hydrogens (tertiary/aromatic N) is 1. The van der Waals surface area contributed by atoms with Crippen LogP contribution in [-0.2, 0) is 6.42 Å². The van der Waals surface area contributed by atoms with E-state index in [2.05, 4.69) is 24.2 Å². The van der Waals surface area contributed by atoms with E-state index >= 15 is 0 Å². The number of benzene rings is 1. The van der Waals surface area contributed by atoms with Crippen LogP contribution in [-0.4, -0.2) is 11.1 Å². The highest BCUT2D eigenvalue weighted by molar-refractivity contribution is 7.80. The van der Waals surface area contributed by atoms with Gasteiger partial charge in [0.1, 0.15) is 5.71 Å². The van der Waals surface area contributed by atoms with E-state index in [9.17, 15) is 0 Å². The predicted octanol–water partition coefficient (Wildman–Crippen LogP) is 1.91. The van der Waals surface area contributed by atoms with Gasteiger partial charge in [0.2, 0.25) is 0 Å². The van der Waals surface area contributed by atoms with Gasteiger partial charge in [-0.25, -0.2) is 0 Å². The van der Waals surface area contributed by atoms with Crippen LogP contribution in [0.2, 0.25) is 0 Å². The Morgan fingerprint density at radius 3 is 2.46 bits per heavy atom. The Labute approximate surface area is 83.5 Å². The van der Waals surface area contributed by atoms with Crippen LogP contribution < -0.4 is 5.84 Å². The molecule has 0 atom stereocenters. The largest absolute Gasteiger partial charge is 0.323 e. The van der Waals surface area contributed by atoms with Gasteiger partial charge in [0, 0.05) is 10.9 Å². The second-order valence-electron chi connectivity index (χ2n) is 2.68. The molecule has 0 saturated carbocycles. The molecule has 13 heavy (non-hydrogen) atoms. The summed E-state index contributed by atoms with van der Waals surface area (Å²) in [5.74, 6) is 5.18. The van der Waals surface area contributed by atoms with E-state index in [4.69, 9.17) is 18.1 Å². The number of aryl methyl sites for hydroxylation is 1. The molecule has 2 N–H and O–H groups in total. The standard InChI is InChI=1S/C10H12N2S/c1-2-8-3-5-9(6-4-8)10(7-13)12-11/h3-7H,2,11H2,1H3. The fraction of sp³-hybridized carbons (Fsp3) is 0.200. The van der Waals surface area contributed by atoms with Crippen LogP contribution in [0.25, 0.3) is 0 Å². The lowest BCUT2D eigenvalue weighted by atomic mass is 10.1. The number of rotatable bonds is 3. The summed E-state index contributed by atoms with van der Waals surface area (Å²) in [6.07, 6.45) is 1.03. The quantitative estimate of drug-likeness (QED) is 0.344. The molecular formula is C10H12N2S. The molecule has 0 aromatic heterocycles. The molecule has 0 bridgehead atoms. The average Bonchev–Trinajstić information content (AvgIpc) is 2.21. The van der Waals surface area contributed by atoms with Crippen molar-refractivity contribution in [3.63, 3.8) is 0 Å². The van der Waals surface area contributed by atoms with Crippen molar-refractivity contribution in [1.82, 2.24) is 0 Å². The molecule has 0 amide bonds. The van der Waals surface area contributed by atoms with E-state index in [1.54, 1.807) is 0 Å². The topological polar surface area (TPSA) is 38.4 Å². The van der Waals surface area contributed by atoms with Crippen LogP contribution in [0.15, 0.2) is 29.4 Å². The molecule has 0 unspecified atom stereocenters. The van der Waals surface area contributed by atoms with E-state index in [0.29, 0.717) is 5.71 Å². The highest BCUT2D eigenvalue weighted by Gasteiger charge is 1.98. The summed E-state index contributed by atoms with van der Waals surface area (Å²) in [6.45, 7) is 2.12. The Kier molecular flexibility index (Phi) is 3.58. The highest BCUT2D eigenvalue weighted by Crippen LogP contribution is 2.05. The first-order chi connectivity index (χ1) is 6.31. The zero-order valence-corrected chi connectivity index (χ0v) is 8.34. The van der Waals surface area contributed by atoms with Crippen molar-refractivity contribution in [2.24, 2.45) is 10.9 Å². The van der Waals surface area contributed by atoms with E-state index in [1.807, 2.05) is 12.1 Å². The van der Waals surface area contributed by atoms with Crippen molar-refractivity contribution in [3.8, 4) is 0 Å². The minimum absolute atomic E-state index is 0.651. The first-order valence-electron chi connectivity index (χ1n) is 4.14. The molecule has 1 rings (SSSR count). The summed E-state index contributed by atoms with van der Waals surface area (Å²) in [5.41, 5.74) is 2.91. The van der Waals surface area contributed by atoms with Crippen molar-refractivity contribution in [1.29, 1.82) is 0 Å². The molecule has 0 saturated heterocycles. The van der Waals surface area contributed by atoms with Crippen molar-refractivity contribution >= 4 is 23.3 Å². The maximum atomic E-state index is 5.18. The van der Waals surface area contributed by atoms with Gasteiger partial charge in [0.05, 0.1) is 0 Å². The lowest BCUT2D eigenvalue weighted by molar-refractivity contribution is 1.14. The molecule has 68 valence electrons. The van der Waals surface area contributed by atoms with Crippen molar-refractivity contribution < 1.29 is 0 Å². The first-order valence-corrected chi connectivity index (χ1v) is 4.61. The second kappa shape index (κ2) is 4.72. The van der Waals surface area contributed by atoms with Gasteiger partial charge >= 0.3 is 0 Å². The Balaban J connectivity index is 2.97. The van der Waals surface area contributed by atoms with Crippen molar-refractivity contribution in [2.45, 2.75) is 13.3 Å². The van der Waals surface area contributed by atoms with E-state index < -0.39 is 0 Å². The number of hydrazone groups is 1. The van der Waals surface area contributed by atoms with Gasteiger partial charge in [-0.3, -0.25) is 0 Å². The van der Waals surface area contributed by atoms with E-state index in [-0.39, 0.29) is 0 Å². The number of hydrogen-bond donors (Lipinski definition) is 1. The van der Waals surface area contributed by atoms with Crippen LogP contribution in [0.5, 0.6) is 0 Å².